The summed E-state index contributed by atoms with van der Waals surface area (Å²) in [5.74, 6) is -0.203. The molecule has 0 N–H and O–H groups in total. The Morgan fingerprint density at radius 3 is 1.86 bits per heavy atom. The van der Waals surface area contributed by atoms with Crippen LogP contribution in [0.15, 0.2) is 77.6 Å². The summed E-state index contributed by atoms with van der Waals surface area (Å²) in [6.45, 7) is 2.17. The topological polar surface area (TPSA) is 75.0 Å². The number of nitrogens with zero attached hydrogens (tertiary/aromatic N) is 2. The molecule has 0 aliphatic carbocycles. The van der Waals surface area contributed by atoms with Crippen molar-refractivity contribution in [2.75, 3.05) is 0 Å². The number of allylic oxidation sites excluding steroid dienone is 2. The molecule has 5 nitrogen and oxygen atoms in total. The Balaban J connectivity index is 0.00000675. The number of carbonyl (C=O) groups is 1. The molecule has 1 aromatic heterocycles. The van der Waals surface area contributed by atoms with E-state index in [0.717, 1.165) is 99.0 Å². The van der Waals surface area contributed by atoms with Crippen LogP contribution in [0.5, 0.6) is 0 Å². The molecule has 3 aromatic rings. The van der Waals surface area contributed by atoms with E-state index < -0.39 is 5.97 Å². The van der Waals surface area contributed by atoms with Crippen LogP contribution in [0.25, 0.3) is 17.1 Å². The fourth-order valence-electron chi connectivity index (χ4n) is 5.57. The van der Waals surface area contributed by atoms with Crippen molar-refractivity contribution in [1.29, 1.82) is 0 Å². The molecule has 0 atom stereocenters. The third kappa shape index (κ3) is 13.7. The van der Waals surface area contributed by atoms with Crippen molar-refractivity contribution >= 4 is 5.97 Å². The largest absolute Gasteiger partial charge is 1.00 e. The van der Waals surface area contributed by atoms with E-state index in [-0.39, 0.29) is 41.5 Å². The number of carboxylic acid groups (broad SMARTS) is 1. The fraction of sp³-hybridized carbons (Fsp3) is 0.500. The Labute approximate surface area is 287 Å². The van der Waals surface area contributed by atoms with Crippen molar-refractivity contribution < 1.29 is 39.5 Å². The number of rotatable bonds is 22. The molecule has 2 aromatic carbocycles. The second-order valence-corrected chi connectivity index (χ2v) is 11.6. The van der Waals surface area contributed by atoms with E-state index in [2.05, 4.69) is 19.1 Å². The standard InChI is InChI=1S/C38H52N2O3.Na/c1-2-3-29-34-35(30-23-15-13-11-9-7-5-4-6-8-10-12-14-16-24-31-36(41)42)39-37(32-25-19-17-20-26-32)40(38(34)43)33-27-21-18-22-28-33;/h4,6,17-22,25-28H,2-3,5,7-16,23-24,29-31H2,1H3,(H,41,42);/q;+1/p-1/b6-4-;. The van der Waals surface area contributed by atoms with Crippen LogP contribution in [0.3, 0.4) is 0 Å². The van der Waals surface area contributed by atoms with Gasteiger partial charge in [-0.2, -0.15) is 0 Å². The number of hydrogen-bond donors (Lipinski definition) is 0. The van der Waals surface area contributed by atoms with Gasteiger partial charge in [0, 0.05) is 17.1 Å². The minimum atomic E-state index is -0.933. The van der Waals surface area contributed by atoms with Crippen LogP contribution in [0.1, 0.15) is 121 Å². The minimum Gasteiger partial charge on any atom is -0.550 e. The predicted octanol–water partition coefficient (Wildman–Crippen LogP) is 5.56. The summed E-state index contributed by atoms with van der Waals surface area (Å²) >= 11 is 0. The molecule has 0 saturated carbocycles. The minimum absolute atomic E-state index is 0. The van der Waals surface area contributed by atoms with Gasteiger partial charge in [0.1, 0.15) is 5.82 Å². The first kappa shape index (κ1) is 37.7. The van der Waals surface area contributed by atoms with Gasteiger partial charge in [-0.3, -0.25) is 9.36 Å². The van der Waals surface area contributed by atoms with Gasteiger partial charge in [0.05, 0.1) is 11.4 Å². The zero-order chi connectivity index (χ0) is 30.5. The number of unbranched alkanes of at least 4 members (excludes halogenated alkanes) is 12. The first-order valence-electron chi connectivity index (χ1n) is 16.7. The third-order valence-corrected chi connectivity index (χ3v) is 8.04. The second-order valence-electron chi connectivity index (χ2n) is 11.6. The maximum absolute atomic E-state index is 14.0. The average molecular weight is 607 g/mol. The molecule has 0 radical (unpaired) electrons. The van der Waals surface area contributed by atoms with Crippen LogP contribution in [0.2, 0.25) is 0 Å². The van der Waals surface area contributed by atoms with Gasteiger partial charge in [-0.25, -0.2) is 4.98 Å². The van der Waals surface area contributed by atoms with Crippen molar-refractivity contribution in [2.45, 2.75) is 122 Å². The van der Waals surface area contributed by atoms with Crippen LogP contribution in [0.4, 0.5) is 0 Å². The molecule has 0 aliphatic heterocycles. The molecular formula is C38H51N2NaO3. The van der Waals surface area contributed by atoms with Gasteiger partial charge in [-0.05, 0) is 76.3 Å². The Bertz CT molecular complexity index is 1290. The molecule has 44 heavy (non-hydrogen) atoms. The van der Waals surface area contributed by atoms with E-state index in [1.165, 1.54) is 38.5 Å². The molecule has 0 fully saturated rings. The monoisotopic (exact) mass is 606 g/mol. The quantitative estimate of drug-likeness (QED) is 0.0854. The van der Waals surface area contributed by atoms with Gasteiger partial charge >= 0.3 is 29.6 Å². The van der Waals surface area contributed by atoms with E-state index in [1.54, 1.807) is 0 Å². The summed E-state index contributed by atoms with van der Waals surface area (Å²) in [7, 11) is 0. The van der Waals surface area contributed by atoms with Crippen LogP contribution in [0, 0.1) is 0 Å². The molecule has 0 saturated heterocycles. The molecule has 232 valence electrons. The molecule has 0 aliphatic rings. The van der Waals surface area contributed by atoms with Gasteiger partial charge < -0.3 is 9.90 Å². The Kier molecular flexibility index (Phi) is 19.7. The Morgan fingerprint density at radius 2 is 1.27 bits per heavy atom. The van der Waals surface area contributed by atoms with E-state index >= 15 is 0 Å². The predicted molar refractivity (Wildman–Crippen MR) is 176 cm³/mol. The van der Waals surface area contributed by atoms with Gasteiger partial charge in [-0.15, -0.1) is 0 Å². The third-order valence-electron chi connectivity index (χ3n) is 8.04. The maximum Gasteiger partial charge on any atom is 1.00 e. The Hall–Kier alpha value is -2.47. The first-order chi connectivity index (χ1) is 21.1. The summed E-state index contributed by atoms with van der Waals surface area (Å²) in [5, 5.41) is 10.4. The number of aromatic nitrogens is 2. The molecule has 6 heteroatoms. The summed E-state index contributed by atoms with van der Waals surface area (Å²) in [6.07, 6.45) is 23.1. The normalized spacial score (nSPS) is 11.1. The van der Waals surface area contributed by atoms with Crippen LogP contribution < -0.4 is 40.2 Å². The van der Waals surface area contributed by atoms with Crippen LogP contribution >= 0.6 is 0 Å². The molecule has 0 bridgehead atoms. The van der Waals surface area contributed by atoms with Gasteiger partial charge in [0.2, 0.25) is 0 Å². The summed E-state index contributed by atoms with van der Waals surface area (Å²) < 4.78 is 1.81. The zero-order valence-corrected chi connectivity index (χ0v) is 29.3. The average Bonchev–Trinajstić information content (AvgIpc) is 3.02. The SMILES string of the molecule is CCCCc1c(CCCCCCCC/C=C\CCCCCCCC(=O)[O-])nc(-c2ccccc2)n(-c2ccccc2)c1=O.[Na+]. The van der Waals surface area contributed by atoms with E-state index in [4.69, 9.17) is 4.98 Å². The first-order valence-corrected chi connectivity index (χ1v) is 16.7. The van der Waals surface area contributed by atoms with Crippen molar-refractivity contribution in [3.05, 3.63) is 94.4 Å². The number of benzene rings is 2. The number of carboxylic acids is 1. The number of hydrogen-bond acceptors (Lipinski definition) is 4. The maximum atomic E-state index is 14.0. The van der Waals surface area contributed by atoms with Gasteiger partial charge in [0.15, 0.2) is 0 Å². The van der Waals surface area contributed by atoms with Crippen LogP contribution in [-0.4, -0.2) is 15.5 Å². The van der Waals surface area contributed by atoms with Gasteiger partial charge in [0.25, 0.3) is 5.56 Å². The molecule has 0 unspecified atom stereocenters. The van der Waals surface area contributed by atoms with Crippen molar-refractivity contribution in [1.82, 2.24) is 9.55 Å². The van der Waals surface area contributed by atoms with E-state index in [1.807, 2.05) is 65.2 Å². The summed E-state index contributed by atoms with van der Waals surface area (Å²) in [4.78, 5) is 29.6. The molecule has 0 spiro atoms. The Morgan fingerprint density at radius 1 is 0.727 bits per heavy atom. The van der Waals surface area contributed by atoms with Crippen LogP contribution in [-0.2, 0) is 17.6 Å². The number of aliphatic carboxylic acids is 1. The zero-order valence-electron chi connectivity index (χ0n) is 27.3. The fourth-order valence-corrected chi connectivity index (χ4v) is 5.57. The summed E-state index contributed by atoms with van der Waals surface area (Å²) in [5.41, 5.74) is 3.76. The summed E-state index contributed by atoms with van der Waals surface area (Å²) in [6, 6.07) is 20.0. The molecular weight excluding hydrogens is 555 g/mol. The molecule has 1 heterocycles. The van der Waals surface area contributed by atoms with Crippen molar-refractivity contribution in [3.63, 3.8) is 0 Å². The number of para-hydroxylation sites is 1. The number of carbonyl (C=O) groups excluding carboxylic acids is 1. The van der Waals surface area contributed by atoms with Crippen molar-refractivity contribution in [2.24, 2.45) is 0 Å². The molecule has 3 rings (SSSR count). The van der Waals surface area contributed by atoms with Crippen molar-refractivity contribution in [3.8, 4) is 17.1 Å². The van der Waals surface area contributed by atoms with Gasteiger partial charge in [-0.1, -0.05) is 119 Å². The smallest absolute Gasteiger partial charge is 0.550 e. The second kappa shape index (κ2) is 23.0. The number of aryl methyl sites for hydroxylation is 1. The van der Waals surface area contributed by atoms with E-state index in [0.29, 0.717) is 0 Å². The molecule has 0 amide bonds. The van der Waals surface area contributed by atoms with E-state index in [9.17, 15) is 14.7 Å².